The fraction of sp³-hybridized carbons (Fsp3) is 0.0526. The van der Waals surface area contributed by atoms with Gasteiger partial charge in [0.2, 0.25) is 0 Å². The van der Waals surface area contributed by atoms with Gasteiger partial charge in [-0.3, -0.25) is 5.32 Å². The Bertz CT molecular complexity index is 1160. The third kappa shape index (κ3) is 4.00. The maximum atomic E-state index is 12.6. The van der Waals surface area contributed by atoms with Crippen molar-refractivity contribution in [1.82, 2.24) is 19.9 Å². The number of carbonyl (C=O) groups is 1. The van der Waals surface area contributed by atoms with Crippen molar-refractivity contribution in [2.24, 2.45) is 0 Å². The predicted octanol–water partition coefficient (Wildman–Crippen LogP) is 4.68. The van der Waals surface area contributed by atoms with Gasteiger partial charge in [-0.05, 0) is 24.3 Å². The average Bonchev–Trinajstić information content (AvgIpc) is 3.17. The molecule has 7 nitrogen and oxygen atoms in total. The number of amides is 2. The van der Waals surface area contributed by atoms with E-state index in [1.807, 2.05) is 30.3 Å². The first kappa shape index (κ1) is 18.4. The van der Waals surface area contributed by atoms with Crippen molar-refractivity contribution in [3.8, 4) is 11.4 Å². The molecule has 0 aliphatic carbocycles. The molecule has 0 bridgehead atoms. The minimum Gasteiger partial charge on any atom is -0.340 e. The van der Waals surface area contributed by atoms with E-state index in [1.165, 1.54) is 18.5 Å². The highest BCUT2D eigenvalue weighted by molar-refractivity contribution is 6.03. The largest absolute Gasteiger partial charge is 0.416 e. The first-order valence-corrected chi connectivity index (χ1v) is 8.42. The molecule has 0 saturated heterocycles. The monoisotopic (exact) mass is 398 g/mol. The van der Waals surface area contributed by atoms with Crippen LogP contribution in [0.3, 0.4) is 0 Å². The minimum absolute atomic E-state index is 0.191. The number of anilines is 2. The van der Waals surface area contributed by atoms with Gasteiger partial charge >= 0.3 is 12.2 Å². The van der Waals surface area contributed by atoms with Crippen LogP contribution in [0.4, 0.5) is 29.5 Å². The Morgan fingerprint density at radius 1 is 0.931 bits per heavy atom. The summed E-state index contributed by atoms with van der Waals surface area (Å²) in [7, 11) is 0. The van der Waals surface area contributed by atoms with E-state index >= 15 is 0 Å². The van der Waals surface area contributed by atoms with E-state index in [9.17, 15) is 18.0 Å². The summed E-state index contributed by atoms with van der Waals surface area (Å²) in [6, 6.07) is 12.6. The number of alkyl halides is 3. The van der Waals surface area contributed by atoms with Crippen LogP contribution in [0.5, 0.6) is 0 Å². The van der Waals surface area contributed by atoms with Gasteiger partial charge in [-0.2, -0.15) is 13.2 Å². The zero-order valence-corrected chi connectivity index (χ0v) is 14.7. The lowest BCUT2D eigenvalue weighted by molar-refractivity contribution is -0.137. The number of aromatic amines is 1. The van der Waals surface area contributed by atoms with Crippen LogP contribution in [0.1, 0.15) is 5.56 Å². The predicted molar refractivity (Wildman–Crippen MR) is 101 cm³/mol. The number of fused-ring (bicyclic) bond motifs is 1. The van der Waals surface area contributed by atoms with E-state index in [4.69, 9.17) is 0 Å². The van der Waals surface area contributed by atoms with Gasteiger partial charge in [-0.25, -0.2) is 19.7 Å². The average molecular weight is 398 g/mol. The summed E-state index contributed by atoms with van der Waals surface area (Å²) in [5.74, 6) is 0.561. The lowest BCUT2D eigenvalue weighted by Crippen LogP contribution is -2.20. The number of benzene rings is 2. The summed E-state index contributed by atoms with van der Waals surface area (Å²) in [4.78, 5) is 28.0. The SMILES string of the molecule is O=C(Nc1ccc(C(F)(F)F)cc1)Nc1nc(-c2ccccc2)nc2nc[nH]c12. The van der Waals surface area contributed by atoms with Gasteiger partial charge in [0.15, 0.2) is 17.3 Å². The van der Waals surface area contributed by atoms with Crippen LogP contribution in [-0.2, 0) is 6.18 Å². The molecule has 0 atom stereocenters. The number of carbonyl (C=O) groups excluding carboxylic acids is 1. The molecule has 2 aromatic heterocycles. The van der Waals surface area contributed by atoms with Crippen molar-refractivity contribution in [2.45, 2.75) is 6.18 Å². The van der Waals surface area contributed by atoms with Crippen molar-refractivity contribution in [1.29, 1.82) is 0 Å². The van der Waals surface area contributed by atoms with E-state index in [-0.39, 0.29) is 11.5 Å². The van der Waals surface area contributed by atoms with Crippen LogP contribution in [0.15, 0.2) is 60.9 Å². The van der Waals surface area contributed by atoms with Crippen LogP contribution in [0.25, 0.3) is 22.6 Å². The smallest absolute Gasteiger partial charge is 0.340 e. The van der Waals surface area contributed by atoms with E-state index in [1.54, 1.807) is 0 Å². The second-order valence-corrected chi connectivity index (χ2v) is 6.02. The molecule has 2 amide bonds. The molecule has 4 rings (SSSR count). The molecular weight excluding hydrogens is 385 g/mol. The van der Waals surface area contributed by atoms with Crippen molar-refractivity contribution in [3.63, 3.8) is 0 Å². The Morgan fingerprint density at radius 3 is 2.34 bits per heavy atom. The second-order valence-electron chi connectivity index (χ2n) is 6.02. The summed E-state index contributed by atoms with van der Waals surface area (Å²) in [6.45, 7) is 0. The molecule has 0 spiro atoms. The lowest BCUT2D eigenvalue weighted by atomic mass is 10.2. The number of nitrogens with one attached hydrogen (secondary N) is 3. The highest BCUT2D eigenvalue weighted by atomic mass is 19.4. The molecule has 2 aromatic carbocycles. The summed E-state index contributed by atoms with van der Waals surface area (Å²) < 4.78 is 37.9. The summed E-state index contributed by atoms with van der Waals surface area (Å²) in [5, 5.41) is 5.05. The van der Waals surface area contributed by atoms with Crippen molar-refractivity contribution >= 4 is 28.7 Å². The highest BCUT2D eigenvalue weighted by Gasteiger charge is 2.30. The van der Waals surface area contributed by atoms with Crippen LogP contribution < -0.4 is 10.6 Å². The third-order valence-corrected chi connectivity index (χ3v) is 4.02. The van der Waals surface area contributed by atoms with Crippen LogP contribution >= 0.6 is 0 Å². The fourth-order valence-electron chi connectivity index (χ4n) is 2.65. The van der Waals surface area contributed by atoms with E-state index in [0.717, 1.165) is 17.7 Å². The summed E-state index contributed by atoms with van der Waals surface area (Å²) >= 11 is 0. The molecule has 4 aromatic rings. The van der Waals surface area contributed by atoms with Crippen LogP contribution in [0, 0.1) is 0 Å². The first-order chi connectivity index (χ1) is 13.9. The number of H-pyrrole nitrogens is 1. The molecule has 0 fully saturated rings. The lowest BCUT2D eigenvalue weighted by Gasteiger charge is -2.10. The summed E-state index contributed by atoms with van der Waals surface area (Å²) in [6.07, 6.45) is -3.02. The molecule has 2 heterocycles. The maximum absolute atomic E-state index is 12.6. The van der Waals surface area contributed by atoms with Gasteiger partial charge in [0.25, 0.3) is 0 Å². The number of aromatic nitrogens is 4. The van der Waals surface area contributed by atoms with E-state index in [2.05, 4.69) is 30.6 Å². The number of urea groups is 1. The molecule has 10 heteroatoms. The molecule has 0 aliphatic rings. The molecule has 3 N–H and O–H groups in total. The Balaban J connectivity index is 1.57. The topological polar surface area (TPSA) is 95.6 Å². The van der Waals surface area contributed by atoms with Crippen LogP contribution in [0.2, 0.25) is 0 Å². The second kappa shape index (κ2) is 7.23. The minimum atomic E-state index is -4.44. The van der Waals surface area contributed by atoms with Crippen molar-refractivity contribution < 1.29 is 18.0 Å². The van der Waals surface area contributed by atoms with Crippen LogP contribution in [-0.4, -0.2) is 26.0 Å². The fourth-order valence-corrected chi connectivity index (χ4v) is 2.65. The first-order valence-electron chi connectivity index (χ1n) is 8.42. The number of nitrogens with zero attached hydrogens (tertiary/aromatic N) is 3. The zero-order valence-electron chi connectivity index (χ0n) is 14.7. The normalized spacial score (nSPS) is 11.4. The van der Waals surface area contributed by atoms with E-state index in [0.29, 0.717) is 17.0 Å². The quantitative estimate of drug-likeness (QED) is 0.467. The van der Waals surface area contributed by atoms with Gasteiger partial charge in [0.1, 0.15) is 5.52 Å². The Kier molecular flexibility index (Phi) is 4.59. The van der Waals surface area contributed by atoms with Gasteiger partial charge in [-0.1, -0.05) is 30.3 Å². The molecule has 146 valence electrons. The maximum Gasteiger partial charge on any atom is 0.416 e. The molecule has 0 saturated carbocycles. The molecule has 0 aliphatic heterocycles. The van der Waals surface area contributed by atoms with Gasteiger partial charge in [0.05, 0.1) is 11.9 Å². The third-order valence-electron chi connectivity index (χ3n) is 4.02. The standard InChI is InChI=1S/C19H13F3N6O/c20-19(21,22)12-6-8-13(9-7-12)25-18(29)28-17-14-16(24-10-23-14)26-15(27-17)11-4-2-1-3-5-11/h1-10H,(H3,23,24,25,26,27,28,29). The number of rotatable bonds is 3. The Morgan fingerprint density at radius 2 is 1.66 bits per heavy atom. The van der Waals surface area contributed by atoms with Gasteiger partial charge < -0.3 is 10.3 Å². The molecule has 29 heavy (non-hydrogen) atoms. The highest BCUT2D eigenvalue weighted by Crippen LogP contribution is 2.30. The molecule has 0 unspecified atom stereocenters. The zero-order chi connectivity index (χ0) is 20.4. The number of imidazole rings is 1. The summed E-state index contributed by atoms with van der Waals surface area (Å²) in [5.41, 5.74) is 0.930. The number of hydrogen-bond donors (Lipinski definition) is 3. The van der Waals surface area contributed by atoms with Crippen molar-refractivity contribution in [3.05, 3.63) is 66.5 Å². The molecular formula is C19H13F3N6O. The number of hydrogen-bond acceptors (Lipinski definition) is 4. The van der Waals surface area contributed by atoms with E-state index < -0.39 is 17.8 Å². The molecule has 0 radical (unpaired) electrons. The number of halogens is 3. The van der Waals surface area contributed by atoms with Gasteiger partial charge in [-0.15, -0.1) is 0 Å². The Hall–Kier alpha value is -3.95. The van der Waals surface area contributed by atoms with Crippen molar-refractivity contribution in [2.75, 3.05) is 10.6 Å². The van der Waals surface area contributed by atoms with Gasteiger partial charge in [0, 0.05) is 11.3 Å². The Labute approximate surface area is 162 Å².